The lowest BCUT2D eigenvalue weighted by molar-refractivity contribution is -0.153. The van der Waals surface area contributed by atoms with E-state index in [-0.39, 0.29) is 10.7 Å². The lowest BCUT2D eigenvalue weighted by Crippen LogP contribution is -2.30. The molecule has 0 aliphatic heterocycles. The van der Waals surface area contributed by atoms with Crippen LogP contribution < -0.4 is 4.74 Å². The van der Waals surface area contributed by atoms with E-state index >= 15 is 0 Å². The molecule has 0 fully saturated rings. The Labute approximate surface area is 215 Å². The van der Waals surface area contributed by atoms with E-state index in [9.17, 15) is 4.79 Å². The molecule has 0 radical (unpaired) electrons. The molecule has 4 nitrogen and oxygen atoms in total. The quantitative estimate of drug-likeness (QED) is 0.224. The fraction of sp³-hybridized carbons (Fsp3) is 0.500. The lowest BCUT2D eigenvalue weighted by Gasteiger charge is -2.26. The summed E-state index contributed by atoms with van der Waals surface area (Å²) in [6, 6.07) is 15.1. The molecule has 0 aliphatic carbocycles. The predicted octanol–water partition coefficient (Wildman–Crippen LogP) is 7.84. The second kappa shape index (κ2) is 10.7. The van der Waals surface area contributed by atoms with Crippen molar-refractivity contribution in [3.8, 4) is 5.75 Å². The number of rotatable bonds is 9. The summed E-state index contributed by atoms with van der Waals surface area (Å²) in [7, 11) is 1.69. The molecular formula is C30H41NO3S. The highest BCUT2D eigenvalue weighted by Gasteiger charge is 2.34. The number of nitrogens with zero attached hydrogens (tertiary/aromatic N) is 1. The smallest absolute Gasteiger partial charge is 0.311 e. The number of esters is 1. The standard InChI is InChI=1S/C30H41NO3S/c1-10-34-28(32)30(7,8)18-26-27(35-29(4,5)6)24-17-22(20(2)3)13-16-25(24)31(26)19-21-11-14-23(33-9)15-12-21/h11-17,20H,10,18-19H2,1-9H3. The minimum absolute atomic E-state index is 0.0237. The summed E-state index contributed by atoms with van der Waals surface area (Å²) in [6.07, 6.45) is 0.603. The highest BCUT2D eigenvalue weighted by Crippen LogP contribution is 2.44. The molecule has 3 aromatic rings. The van der Waals surface area contributed by atoms with Gasteiger partial charge >= 0.3 is 5.97 Å². The highest BCUT2D eigenvalue weighted by molar-refractivity contribution is 8.00. The van der Waals surface area contributed by atoms with Gasteiger partial charge in [0.15, 0.2) is 0 Å². The number of ether oxygens (including phenoxy) is 2. The second-order valence-electron chi connectivity index (χ2n) is 11.1. The van der Waals surface area contributed by atoms with Crippen molar-refractivity contribution in [2.45, 2.75) is 83.9 Å². The van der Waals surface area contributed by atoms with E-state index < -0.39 is 5.41 Å². The summed E-state index contributed by atoms with van der Waals surface area (Å²) in [4.78, 5) is 14.2. The molecule has 1 heterocycles. The minimum Gasteiger partial charge on any atom is -0.497 e. The Morgan fingerprint density at radius 3 is 2.23 bits per heavy atom. The molecule has 1 aromatic heterocycles. The van der Waals surface area contributed by atoms with Crippen LogP contribution in [0.1, 0.15) is 78.1 Å². The Morgan fingerprint density at radius 1 is 1.03 bits per heavy atom. The first-order chi connectivity index (χ1) is 16.4. The van der Waals surface area contributed by atoms with Gasteiger partial charge in [-0.15, -0.1) is 11.8 Å². The van der Waals surface area contributed by atoms with Gasteiger partial charge in [0.2, 0.25) is 0 Å². The number of benzene rings is 2. The van der Waals surface area contributed by atoms with Gasteiger partial charge in [-0.05, 0) is 62.1 Å². The van der Waals surface area contributed by atoms with Crippen LogP contribution in [0.3, 0.4) is 0 Å². The van der Waals surface area contributed by atoms with Crippen molar-refractivity contribution in [3.63, 3.8) is 0 Å². The van der Waals surface area contributed by atoms with Gasteiger partial charge in [0.1, 0.15) is 5.75 Å². The third-order valence-electron chi connectivity index (χ3n) is 6.16. The summed E-state index contributed by atoms with van der Waals surface area (Å²) in [5, 5.41) is 1.26. The first-order valence-electron chi connectivity index (χ1n) is 12.5. The molecule has 0 aliphatic rings. The van der Waals surface area contributed by atoms with Crippen molar-refractivity contribution in [1.29, 1.82) is 0 Å². The maximum Gasteiger partial charge on any atom is 0.311 e. The van der Waals surface area contributed by atoms with Crippen molar-refractivity contribution in [2.75, 3.05) is 13.7 Å². The number of thioether (sulfide) groups is 1. The third-order valence-corrected chi connectivity index (χ3v) is 7.43. The van der Waals surface area contributed by atoms with Crippen LogP contribution in [-0.4, -0.2) is 29.0 Å². The normalized spacial score (nSPS) is 12.4. The van der Waals surface area contributed by atoms with Crippen molar-refractivity contribution in [1.82, 2.24) is 4.57 Å². The minimum atomic E-state index is -0.643. The van der Waals surface area contributed by atoms with Crippen LogP contribution in [0.25, 0.3) is 10.9 Å². The molecule has 190 valence electrons. The van der Waals surface area contributed by atoms with Crippen LogP contribution in [-0.2, 0) is 22.5 Å². The first kappa shape index (κ1) is 27.2. The molecule has 0 saturated carbocycles. The van der Waals surface area contributed by atoms with E-state index in [1.54, 1.807) is 7.11 Å². The number of fused-ring (bicyclic) bond motifs is 1. The summed E-state index contributed by atoms with van der Waals surface area (Å²) in [6.45, 7) is 18.2. The van der Waals surface area contributed by atoms with Crippen LogP contribution >= 0.6 is 11.8 Å². The summed E-state index contributed by atoms with van der Waals surface area (Å²) in [5.41, 5.74) is 4.27. The largest absolute Gasteiger partial charge is 0.497 e. The monoisotopic (exact) mass is 495 g/mol. The van der Waals surface area contributed by atoms with Gasteiger partial charge in [-0.1, -0.05) is 52.8 Å². The zero-order valence-electron chi connectivity index (χ0n) is 22.8. The van der Waals surface area contributed by atoms with Gasteiger partial charge < -0.3 is 14.0 Å². The van der Waals surface area contributed by atoms with Gasteiger partial charge in [0.05, 0.1) is 19.1 Å². The van der Waals surface area contributed by atoms with Crippen LogP contribution in [0.15, 0.2) is 47.4 Å². The molecule has 0 amide bonds. The van der Waals surface area contributed by atoms with Crippen molar-refractivity contribution in [3.05, 3.63) is 59.3 Å². The topological polar surface area (TPSA) is 40.5 Å². The molecular weight excluding hydrogens is 454 g/mol. The molecule has 0 unspecified atom stereocenters. The van der Waals surface area contributed by atoms with Crippen LogP contribution in [0, 0.1) is 5.41 Å². The molecule has 35 heavy (non-hydrogen) atoms. The average Bonchev–Trinajstić information content (AvgIpc) is 3.04. The van der Waals surface area contributed by atoms with Gasteiger partial charge in [-0.25, -0.2) is 0 Å². The molecule has 2 aromatic carbocycles. The van der Waals surface area contributed by atoms with E-state index in [0.29, 0.717) is 18.9 Å². The average molecular weight is 496 g/mol. The zero-order valence-corrected chi connectivity index (χ0v) is 23.6. The van der Waals surface area contributed by atoms with E-state index in [1.807, 2.05) is 44.7 Å². The van der Waals surface area contributed by atoms with Gasteiger partial charge in [-0.2, -0.15) is 0 Å². The number of aromatic nitrogens is 1. The maximum absolute atomic E-state index is 12.9. The molecule has 0 atom stereocenters. The number of carbonyl (C=O) groups excluding carboxylic acids is 1. The number of hydrogen-bond acceptors (Lipinski definition) is 4. The van der Waals surface area contributed by atoms with Crippen LogP contribution in [0.5, 0.6) is 5.75 Å². The molecule has 3 rings (SSSR count). The van der Waals surface area contributed by atoms with E-state index in [1.165, 1.54) is 32.6 Å². The third kappa shape index (κ3) is 6.43. The van der Waals surface area contributed by atoms with Gasteiger partial charge in [0.25, 0.3) is 0 Å². The first-order valence-corrected chi connectivity index (χ1v) is 13.3. The van der Waals surface area contributed by atoms with E-state index in [0.717, 1.165) is 12.3 Å². The molecule has 0 bridgehead atoms. The molecule has 5 heteroatoms. The Bertz CT molecular complexity index is 1170. The number of methoxy groups -OCH3 is 1. The van der Waals surface area contributed by atoms with Crippen LogP contribution in [0.4, 0.5) is 0 Å². The summed E-state index contributed by atoms with van der Waals surface area (Å²) >= 11 is 1.89. The predicted molar refractivity (Wildman–Crippen MR) is 148 cm³/mol. The summed E-state index contributed by atoms with van der Waals surface area (Å²) < 4.78 is 13.2. The SMILES string of the molecule is CCOC(=O)C(C)(C)Cc1c(SC(C)(C)C)c2cc(C(C)C)ccc2n1Cc1ccc(OC)cc1. The lowest BCUT2D eigenvalue weighted by atomic mass is 9.87. The zero-order chi connectivity index (χ0) is 26.0. The van der Waals surface area contributed by atoms with Crippen molar-refractivity contribution >= 4 is 28.6 Å². The maximum atomic E-state index is 12.9. The number of carbonyl (C=O) groups is 1. The van der Waals surface area contributed by atoms with Gasteiger partial charge in [0, 0.05) is 39.2 Å². The molecule has 0 spiro atoms. The Hall–Kier alpha value is -2.40. The van der Waals surface area contributed by atoms with E-state index in [4.69, 9.17) is 9.47 Å². The Morgan fingerprint density at radius 2 is 1.69 bits per heavy atom. The number of hydrogen-bond donors (Lipinski definition) is 0. The summed E-state index contributed by atoms with van der Waals surface area (Å²) in [5.74, 6) is 1.13. The van der Waals surface area contributed by atoms with E-state index in [2.05, 4.69) is 69.5 Å². The fourth-order valence-corrected chi connectivity index (χ4v) is 5.45. The van der Waals surface area contributed by atoms with Crippen LogP contribution in [0.2, 0.25) is 0 Å². The van der Waals surface area contributed by atoms with Crippen molar-refractivity contribution < 1.29 is 14.3 Å². The van der Waals surface area contributed by atoms with Gasteiger partial charge in [-0.3, -0.25) is 4.79 Å². The highest BCUT2D eigenvalue weighted by atomic mass is 32.2. The molecule has 0 saturated heterocycles. The molecule has 0 N–H and O–H groups in total. The second-order valence-corrected chi connectivity index (χ2v) is 13.0. The van der Waals surface area contributed by atoms with Crippen molar-refractivity contribution in [2.24, 2.45) is 5.41 Å². The Balaban J connectivity index is 2.25. The fourth-order valence-electron chi connectivity index (χ4n) is 4.26. The Kier molecular flexibility index (Phi) is 8.31.